The van der Waals surface area contributed by atoms with Crippen molar-refractivity contribution in [3.8, 4) is 0 Å². The van der Waals surface area contributed by atoms with Crippen LogP contribution in [0.5, 0.6) is 0 Å². The fraction of sp³-hybridized carbons (Fsp3) is 0.385. The molecule has 1 unspecified atom stereocenters. The zero-order valence-electron chi connectivity index (χ0n) is 9.76. The number of likely N-dealkylation sites (tertiary alicyclic amines) is 1. The Hall–Kier alpha value is -1.68. The molecule has 1 atom stereocenters. The Kier molecular flexibility index (Phi) is 3.54. The Labute approximate surface area is 100 Å². The minimum atomic E-state index is -0.403. The monoisotopic (exact) mass is 233 g/mol. The maximum Gasteiger partial charge on any atom is 0.262 e. The van der Waals surface area contributed by atoms with Gasteiger partial charge in [0.05, 0.1) is 0 Å². The average molecular weight is 233 g/mol. The maximum atomic E-state index is 12.2. The second-order valence-corrected chi connectivity index (χ2v) is 3.88. The molecule has 1 aromatic rings. The van der Waals surface area contributed by atoms with E-state index in [9.17, 15) is 9.59 Å². The Bertz CT molecular complexity index is 416. The molecule has 4 nitrogen and oxygen atoms in total. The van der Waals surface area contributed by atoms with Crippen molar-refractivity contribution in [2.45, 2.75) is 26.0 Å². The summed E-state index contributed by atoms with van der Waals surface area (Å²) < 4.78 is 5.41. The molecule has 90 valence electrons. The molecule has 0 spiro atoms. The van der Waals surface area contributed by atoms with Gasteiger partial charge in [0.1, 0.15) is 6.23 Å². The molecule has 2 amide bonds. The number of hydrogen-bond acceptors (Lipinski definition) is 3. The van der Waals surface area contributed by atoms with Gasteiger partial charge in [0.2, 0.25) is 5.91 Å². The van der Waals surface area contributed by atoms with Gasteiger partial charge in [0.25, 0.3) is 5.91 Å². The molecule has 1 saturated heterocycles. The number of rotatable bonds is 3. The Morgan fingerprint density at radius 1 is 1.41 bits per heavy atom. The maximum absolute atomic E-state index is 12.2. The molecule has 1 fully saturated rings. The van der Waals surface area contributed by atoms with Crippen LogP contribution >= 0.6 is 0 Å². The molecule has 0 aromatic heterocycles. The quantitative estimate of drug-likeness (QED) is 0.748. The lowest BCUT2D eigenvalue weighted by Gasteiger charge is -2.22. The lowest BCUT2D eigenvalue weighted by Crippen LogP contribution is -2.40. The molecular weight excluding hydrogens is 218 g/mol. The molecule has 0 bridgehead atoms. The van der Waals surface area contributed by atoms with Gasteiger partial charge in [-0.15, -0.1) is 0 Å². The van der Waals surface area contributed by atoms with Gasteiger partial charge in [0.15, 0.2) is 0 Å². The van der Waals surface area contributed by atoms with E-state index in [1.165, 1.54) is 4.90 Å². The Morgan fingerprint density at radius 3 is 2.76 bits per heavy atom. The van der Waals surface area contributed by atoms with Crippen LogP contribution in [0.15, 0.2) is 30.3 Å². The number of carbonyl (C=O) groups excluding carboxylic acids is 2. The summed E-state index contributed by atoms with van der Waals surface area (Å²) in [6, 6.07) is 8.81. The van der Waals surface area contributed by atoms with Crippen LogP contribution in [0, 0.1) is 0 Å². The molecule has 1 aliphatic rings. The number of benzene rings is 1. The smallest absolute Gasteiger partial charge is 0.262 e. The molecule has 1 aliphatic heterocycles. The number of amides is 2. The van der Waals surface area contributed by atoms with E-state index in [1.807, 2.05) is 13.0 Å². The van der Waals surface area contributed by atoms with Gasteiger partial charge >= 0.3 is 0 Å². The number of hydrogen-bond donors (Lipinski definition) is 0. The molecule has 4 heteroatoms. The van der Waals surface area contributed by atoms with Gasteiger partial charge in [-0.25, -0.2) is 0 Å². The summed E-state index contributed by atoms with van der Waals surface area (Å²) in [5.74, 6) is -0.427. The lowest BCUT2D eigenvalue weighted by atomic mass is 10.2. The van der Waals surface area contributed by atoms with Gasteiger partial charge < -0.3 is 4.74 Å². The third-order valence-electron chi connectivity index (χ3n) is 2.76. The summed E-state index contributed by atoms with van der Waals surface area (Å²) in [6.45, 7) is 2.35. The first kappa shape index (κ1) is 11.8. The summed E-state index contributed by atoms with van der Waals surface area (Å²) in [6.07, 6.45) is 0.564. The highest BCUT2D eigenvalue weighted by atomic mass is 16.5. The van der Waals surface area contributed by atoms with E-state index >= 15 is 0 Å². The van der Waals surface area contributed by atoms with Crippen molar-refractivity contribution in [1.29, 1.82) is 0 Å². The number of carbonyl (C=O) groups is 2. The molecule has 0 saturated carbocycles. The minimum Gasteiger partial charge on any atom is -0.358 e. The third kappa shape index (κ3) is 2.36. The van der Waals surface area contributed by atoms with Crippen LogP contribution in [-0.4, -0.2) is 29.5 Å². The minimum absolute atomic E-state index is 0.155. The topological polar surface area (TPSA) is 46.6 Å². The normalized spacial score (nSPS) is 19.7. The fourth-order valence-corrected chi connectivity index (χ4v) is 1.97. The zero-order valence-corrected chi connectivity index (χ0v) is 9.76. The molecule has 1 aromatic carbocycles. The van der Waals surface area contributed by atoms with Crippen LogP contribution in [0.25, 0.3) is 0 Å². The number of nitrogens with zero attached hydrogens (tertiary/aromatic N) is 1. The van der Waals surface area contributed by atoms with Gasteiger partial charge in [-0.2, -0.15) is 0 Å². The first-order valence-electron chi connectivity index (χ1n) is 5.77. The number of ether oxygens (including phenoxy) is 1. The molecule has 0 N–H and O–H groups in total. The molecular formula is C13H15NO3. The fourth-order valence-electron chi connectivity index (χ4n) is 1.97. The lowest BCUT2D eigenvalue weighted by molar-refractivity contribution is -0.131. The van der Waals surface area contributed by atoms with Crippen molar-refractivity contribution in [3.63, 3.8) is 0 Å². The molecule has 17 heavy (non-hydrogen) atoms. The van der Waals surface area contributed by atoms with Crippen LogP contribution in [0.3, 0.4) is 0 Å². The largest absolute Gasteiger partial charge is 0.358 e. The SMILES string of the molecule is CCOC1CCC(=O)N1C(=O)c1ccccc1. The first-order valence-corrected chi connectivity index (χ1v) is 5.77. The highest BCUT2D eigenvalue weighted by molar-refractivity contribution is 6.05. The Balaban J connectivity index is 2.20. The summed E-state index contributed by atoms with van der Waals surface area (Å²) in [5, 5.41) is 0. The van der Waals surface area contributed by atoms with Gasteiger partial charge in [-0.3, -0.25) is 14.5 Å². The third-order valence-corrected chi connectivity index (χ3v) is 2.76. The molecule has 1 heterocycles. The summed E-state index contributed by atoms with van der Waals surface area (Å²) in [4.78, 5) is 25.1. The van der Waals surface area contributed by atoms with Gasteiger partial charge in [-0.1, -0.05) is 18.2 Å². The second-order valence-electron chi connectivity index (χ2n) is 3.88. The summed E-state index contributed by atoms with van der Waals surface area (Å²) in [7, 11) is 0. The predicted molar refractivity (Wildman–Crippen MR) is 62.3 cm³/mol. The molecule has 0 radical (unpaired) electrons. The van der Waals surface area contributed by atoms with E-state index in [-0.39, 0.29) is 11.8 Å². The van der Waals surface area contributed by atoms with Crippen molar-refractivity contribution < 1.29 is 14.3 Å². The van der Waals surface area contributed by atoms with E-state index < -0.39 is 6.23 Å². The van der Waals surface area contributed by atoms with Crippen LogP contribution in [0.1, 0.15) is 30.1 Å². The predicted octanol–water partition coefficient (Wildman–Crippen LogP) is 1.81. The average Bonchev–Trinajstić information content (AvgIpc) is 2.71. The van der Waals surface area contributed by atoms with Crippen LogP contribution in [0.2, 0.25) is 0 Å². The standard InChI is InChI=1S/C13H15NO3/c1-2-17-12-9-8-11(15)14(12)13(16)10-6-4-3-5-7-10/h3-7,12H,2,8-9H2,1H3. The van der Waals surface area contributed by atoms with Crippen molar-refractivity contribution in [3.05, 3.63) is 35.9 Å². The van der Waals surface area contributed by atoms with Crippen molar-refractivity contribution in [2.75, 3.05) is 6.61 Å². The second kappa shape index (κ2) is 5.10. The summed E-state index contributed by atoms with van der Waals surface area (Å²) in [5.41, 5.74) is 0.521. The van der Waals surface area contributed by atoms with Gasteiger partial charge in [-0.05, 0) is 19.1 Å². The van der Waals surface area contributed by atoms with E-state index in [2.05, 4.69) is 0 Å². The van der Waals surface area contributed by atoms with E-state index in [0.717, 1.165) is 0 Å². The van der Waals surface area contributed by atoms with Crippen molar-refractivity contribution >= 4 is 11.8 Å². The van der Waals surface area contributed by atoms with E-state index in [4.69, 9.17) is 4.74 Å². The first-order chi connectivity index (χ1) is 8.24. The van der Waals surface area contributed by atoms with Gasteiger partial charge in [0, 0.05) is 25.0 Å². The Morgan fingerprint density at radius 2 is 2.12 bits per heavy atom. The van der Waals surface area contributed by atoms with Crippen molar-refractivity contribution in [2.24, 2.45) is 0 Å². The van der Waals surface area contributed by atoms with Crippen molar-refractivity contribution in [1.82, 2.24) is 4.90 Å². The summed E-state index contributed by atoms with van der Waals surface area (Å²) >= 11 is 0. The van der Waals surface area contributed by atoms with Crippen LogP contribution in [0.4, 0.5) is 0 Å². The molecule has 2 rings (SSSR count). The van der Waals surface area contributed by atoms with E-state index in [0.29, 0.717) is 25.0 Å². The zero-order chi connectivity index (χ0) is 12.3. The van der Waals surface area contributed by atoms with E-state index in [1.54, 1.807) is 24.3 Å². The highest BCUT2D eigenvalue weighted by Crippen LogP contribution is 2.22. The number of imide groups is 1. The highest BCUT2D eigenvalue weighted by Gasteiger charge is 2.36. The van der Waals surface area contributed by atoms with Crippen LogP contribution < -0.4 is 0 Å². The molecule has 0 aliphatic carbocycles. The van der Waals surface area contributed by atoms with Crippen LogP contribution in [-0.2, 0) is 9.53 Å².